The average molecular weight is 401 g/mol. The molecule has 1 saturated heterocycles. The number of carbonyl (C=O) groups excluding carboxylic acids is 1. The highest BCUT2D eigenvalue weighted by Gasteiger charge is 2.29. The maximum atomic E-state index is 13.0. The SMILES string of the molecule is Cn1nc(C2CCN(C(=O)c3ccc4cc[nH]c4c3)CC2)n(-c2ccccc2)c1=O. The number of benzene rings is 2. The number of hydrogen-bond donors (Lipinski definition) is 1. The Hall–Kier alpha value is -3.61. The van der Waals surface area contributed by atoms with Crippen molar-refractivity contribution in [1.82, 2.24) is 24.2 Å². The fraction of sp³-hybridized carbons (Fsp3) is 0.261. The van der Waals surface area contributed by atoms with E-state index in [1.807, 2.05) is 65.7 Å². The molecule has 0 radical (unpaired) electrons. The lowest BCUT2D eigenvalue weighted by atomic mass is 9.95. The van der Waals surface area contributed by atoms with Crippen LogP contribution in [0.1, 0.15) is 34.9 Å². The summed E-state index contributed by atoms with van der Waals surface area (Å²) in [6, 6.07) is 17.4. The Labute approximate surface area is 173 Å². The van der Waals surface area contributed by atoms with Gasteiger partial charge < -0.3 is 9.88 Å². The number of aryl methyl sites for hydroxylation is 1. The van der Waals surface area contributed by atoms with Gasteiger partial charge in [-0.15, -0.1) is 0 Å². The average Bonchev–Trinajstić information content (AvgIpc) is 3.38. The van der Waals surface area contributed by atoms with Gasteiger partial charge in [0.05, 0.1) is 5.69 Å². The van der Waals surface area contributed by atoms with E-state index in [-0.39, 0.29) is 17.5 Å². The number of aromatic nitrogens is 4. The van der Waals surface area contributed by atoms with E-state index in [9.17, 15) is 9.59 Å². The molecule has 7 heteroatoms. The van der Waals surface area contributed by atoms with Crippen LogP contribution < -0.4 is 5.69 Å². The van der Waals surface area contributed by atoms with Crippen LogP contribution in [-0.4, -0.2) is 43.2 Å². The van der Waals surface area contributed by atoms with E-state index in [1.54, 1.807) is 11.6 Å². The molecule has 0 bridgehead atoms. The largest absolute Gasteiger partial charge is 0.361 e. The van der Waals surface area contributed by atoms with Crippen molar-refractivity contribution >= 4 is 16.8 Å². The molecule has 1 amide bonds. The first kappa shape index (κ1) is 18.4. The maximum Gasteiger partial charge on any atom is 0.350 e. The third-order valence-electron chi connectivity index (χ3n) is 5.91. The number of carbonyl (C=O) groups is 1. The van der Waals surface area contributed by atoms with Gasteiger partial charge in [0.2, 0.25) is 0 Å². The van der Waals surface area contributed by atoms with Crippen molar-refractivity contribution in [3.05, 3.63) is 82.7 Å². The number of hydrogen-bond acceptors (Lipinski definition) is 3. The number of rotatable bonds is 3. The van der Waals surface area contributed by atoms with Crippen LogP contribution in [0.4, 0.5) is 0 Å². The van der Waals surface area contributed by atoms with Gasteiger partial charge in [-0.3, -0.25) is 4.79 Å². The van der Waals surface area contributed by atoms with Gasteiger partial charge in [0.1, 0.15) is 5.82 Å². The van der Waals surface area contributed by atoms with E-state index in [1.165, 1.54) is 4.68 Å². The Morgan fingerprint density at radius 1 is 1.07 bits per heavy atom. The molecule has 152 valence electrons. The normalized spacial score (nSPS) is 15.0. The maximum absolute atomic E-state index is 13.0. The summed E-state index contributed by atoms with van der Waals surface area (Å²) in [4.78, 5) is 30.7. The van der Waals surface area contributed by atoms with Crippen LogP contribution >= 0.6 is 0 Å². The zero-order valence-corrected chi connectivity index (χ0v) is 16.8. The Morgan fingerprint density at radius 3 is 2.60 bits per heavy atom. The van der Waals surface area contributed by atoms with E-state index in [0.717, 1.165) is 35.3 Å². The zero-order valence-electron chi connectivity index (χ0n) is 16.8. The molecule has 0 atom stereocenters. The molecule has 2 aromatic carbocycles. The third kappa shape index (κ3) is 3.12. The minimum Gasteiger partial charge on any atom is -0.361 e. The highest BCUT2D eigenvalue weighted by Crippen LogP contribution is 2.28. The summed E-state index contributed by atoms with van der Waals surface area (Å²) in [6.07, 6.45) is 3.43. The summed E-state index contributed by atoms with van der Waals surface area (Å²) in [5.74, 6) is 0.953. The zero-order chi connectivity index (χ0) is 20.7. The number of nitrogens with zero attached hydrogens (tertiary/aromatic N) is 4. The predicted octanol–water partition coefficient (Wildman–Crippen LogP) is 3.07. The molecule has 1 N–H and O–H groups in total. The number of aromatic amines is 1. The van der Waals surface area contributed by atoms with Gasteiger partial charge in [-0.05, 0) is 48.6 Å². The quantitative estimate of drug-likeness (QED) is 0.573. The molecule has 0 unspecified atom stereocenters. The van der Waals surface area contributed by atoms with Crippen LogP contribution in [0.5, 0.6) is 0 Å². The molecular weight excluding hydrogens is 378 g/mol. The summed E-state index contributed by atoms with van der Waals surface area (Å²) in [6.45, 7) is 1.29. The molecule has 0 spiro atoms. The summed E-state index contributed by atoms with van der Waals surface area (Å²) in [7, 11) is 1.68. The second kappa shape index (κ2) is 7.33. The summed E-state index contributed by atoms with van der Waals surface area (Å²) < 4.78 is 3.09. The van der Waals surface area contributed by atoms with Crippen LogP contribution in [0, 0.1) is 0 Å². The first-order chi connectivity index (χ1) is 14.6. The van der Waals surface area contributed by atoms with E-state index in [2.05, 4.69) is 10.1 Å². The predicted molar refractivity (Wildman–Crippen MR) is 115 cm³/mol. The van der Waals surface area contributed by atoms with Gasteiger partial charge in [0, 0.05) is 43.3 Å². The fourth-order valence-electron chi connectivity index (χ4n) is 4.27. The first-order valence-corrected chi connectivity index (χ1v) is 10.2. The highest BCUT2D eigenvalue weighted by atomic mass is 16.2. The Kier molecular flexibility index (Phi) is 4.50. The Morgan fingerprint density at radius 2 is 1.83 bits per heavy atom. The standard InChI is InChI=1S/C23H23N5O2/c1-26-23(30)28(19-5-3-2-4-6-19)21(25-26)17-10-13-27(14-11-17)22(29)18-8-7-16-9-12-24-20(16)15-18/h2-9,12,15,17,24H,10-11,13-14H2,1H3. The number of para-hydroxylation sites is 1. The lowest BCUT2D eigenvalue weighted by Crippen LogP contribution is -2.38. The van der Waals surface area contributed by atoms with E-state index >= 15 is 0 Å². The van der Waals surface area contributed by atoms with Crippen LogP contribution in [0.15, 0.2) is 65.6 Å². The Balaban J connectivity index is 1.36. The van der Waals surface area contributed by atoms with Crippen LogP contribution in [0.2, 0.25) is 0 Å². The van der Waals surface area contributed by atoms with Gasteiger partial charge in [0.15, 0.2) is 0 Å². The lowest BCUT2D eigenvalue weighted by Gasteiger charge is -2.31. The molecule has 2 aromatic heterocycles. The minimum absolute atomic E-state index is 0.0476. The van der Waals surface area contributed by atoms with Crippen LogP contribution in [-0.2, 0) is 7.05 Å². The molecule has 0 aliphatic carbocycles. The van der Waals surface area contributed by atoms with Crippen molar-refractivity contribution in [3.8, 4) is 5.69 Å². The van der Waals surface area contributed by atoms with Crippen molar-refractivity contribution < 1.29 is 4.79 Å². The van der Waals surface area contributed by atoms with Gasteiger partial charge >= 0.3 is 5.69 Å². The molecule has 7 nitrogen and oxygen atoms in total. The second-order valence-corrected chi connectivity index (χ2v) is 7.78. The van der Waals surface area contributed by atoms with Gasteiger partial charge in [0.25, 0.3) is 5.91 Å². The molecule has 0 saturated carbocycles. The molecule has 4 aromatic rings. The molecule has 3 heterocycles. The van der Waals surface area contributed by atoms with Crippen LogP contribution in [0.3, 0.4) is 0 Å². The second-order valence-electron chi connectivity index (χ2n) is 7.78. The summed E-state index contributed by atoms with van der Waals surface area (Å²) in [5.41, 5.74) is 2.34. The number of piperidine rings is 1. The van der Waals surface area contributed by atoms with Gasteiger partial charge in [-0.25, -0.2) is 14.0 Å². The third-order valence-corrected chi connectivity index (χ3v) is 5.91. The molecular formula is C23H23N5O2. The molecule has 1 aliphatic heterocycles. The van der Waals surface area contributed by atoms with E-state index < -0.39 is 0 Å². The smallest absolute Gasteiger partial charge is 0.350 e. The number of fused-ring (bicyclic) bond motifs is 1. The highest BCUT2D eigenvalue weighted by molar-refractivity contribution is 5.98. The number of nitrogens with one attached hydrogen (secondary N) is 1. The fourth-order valence-corrected chi connectivity index (χ4v) is 4.27. The van der Waals surface area contributed by atoms with Crippen molar-refractivity contribution in [3.63, 3.8) is 0 Å². The lowest BCUT2D eigenvalue weighted by molar-refractivity contribution is 0.0710. The molecule has 1 fully saturated rings. The number of H-pyrrole nitrogens is 1. The molecule has 30 heavy (non-hydrogen) atoms. The van der Waals surface area contributed by atoms with Crippen molar-refractivity contribution in [2.24, 2.45) is 7.05 Å². The van der Waals surface area contributed by atoms with Crippen molar-refractivity contribution in [2.75, 3.05) is 13.1 Å². The minimum atomic E-state index is -0.144. The van der Waals surface area contributed by atoms with Crippen molar-refractivity contribution in [1.29, 1.82) is 0 Å². The topological polar surface area (TPSA) is 75.9 Å². The molecule has 5 rings (SSSR count). The summed E-state index contributed by atoms with van der Waals surface area (Å²) in [5, 5.41) is 5.62. The summed E-state index contributed by atoms with van der Waals surface area (Å²) >= 11 is 0. The number of likely N-dealkylation sites (tertiary alicyclic amines) is 1. The van der Waals surface area contributed by atoms with Crippen LogP contribution in [0.25, 0.3) is 16.6 Å². The van der Waals surface area contributed by atoms with E-state index in [4.69, 9.17) is 0 Å². The van der Waals surface area contributed by atoms with Gasteiger partial charge in [-0.2, -0.15) is 5.10 Å². The monoisotopic (exact) mass is 401 g/mol. The molecule has 1 aliphatic rings. The van der Waals surface area contributed by atoms with Crippen molar-refractivity contribution in [2.45, 2.75) is 18.8 Å². The van der Waals surface area contributed by atoms with Gasteiger partial charge in [-0.1, -0.05) is 24.3 Å². The van der Waals surface area contributed by atoms with E-state index in [0.29, 0.717) is 18.7 Å². The Bertz CT molecular complexity index is 1260. The first-order valence-electron chi connectivity index (χ1n) is 10.2. The number of amides is 1.